The van der Waals surface area contributed by atoms with Crippen molar-refractivity contribution in [3.63, 3.8) is 0 Å². The summed E-state index contributed by atoms with van der Waals surface area (Å²) >= 11 is 0. The van der Waals surface area contributed by atoms with E-state index in [9.17, 15) is 4.79 Å². The molecule has 0 unspecified atom stereocenters. The summed E-state index contributed by atoms with van der Waals surface area (Å²) in [5.74, 6) is 0.498. The van der Waals surface area contributed by atoms with Crippen molar-refractivity contribution in [2.45, 2.75) is 39.0 Å². The molecule has 0 atom stereocenters. The monoisotopic (exact) mass is 261 g/mol. The average Bonchev–Trinajstić information content (AvgIpc) is 2.47. The van der Waals surface area contributed by atoms with E-state index in [0.29, 0.717) is 12.2 Å². The second-order valence-corrected chi connectivity index (χ2v) is 5.15. The molecule has 0 heterocycles. The summed E-state index contributed by atoms with van der Waals surface area (Å²) in [6.45, 7) is 3.20. The summed E-state index contributed by atoms with van der Waals surface area (Å²) in [4.78, 5) is 11.9. The molecule has 3 heteroatoms. The second-order valence-electron chi connectivity index (χ2n) is 5.15. The standard InChI is InChI=1S/C16H23NO2/c1-2-19-16(18)14-10-6-7-11-15(14)17-12-13-8-4-3-5-9-13/h6-7,10-11,13,17H,2-5,8-9,12H2,1H3. The van der Waals surface area contributed by atoms with Crippen molar-refractivity contribution in [2.75, 3.05) is 18.5 Å². The van der Waals surface area contributed by atoms with Crippen LogP contribution in [0.1, 0.15) is 49.4 Å². The van der Waals surface area contributed by atoms with Crippen LogP contribution in [0.25, 0.3) is 0 Å². The average molecular weight is 261 g/mol. The Labute approximate surface area is 115 Å². The van der Waals surface area contributed by atoms with Crippen LogP contribution < -0.4 is 5.32 Å². The van der Waals surface area contributed by atoms with Crippen molar-refractivity contribution < 1.29 is 9.53 Å². The Morgan fingerprint density at radius 2 is 2.00 bits per heavy atom. The van der Waals surface area contributed by atoms with Gasteiger partial charge >= 0.3 is 5.97 Å². The van der Waals surface area contributed by atoms with Gasteiger partial charge in [0.1, 0.15) is 0 Å². The van der Waals surface area contributed by atoms with Crippen molar-refractivity contribution in [2.24, 2.45) is 5.92 Å². The number of carbonyl (C=O) groups is 1. The maximum absolute atomic E-state index is 11.9. The Bertz CT molecular complexity index is 411. The first-order chi connectivity index (χ1) is 9.31. The number of nitrogens with one attached hydrogen (secondary N) is 1. The Hall–Kier alpha value is -1.51. The molecule has 1 aliphatic rings. The maximum atomic E-state index is 11.9. The Morgan fingerprint density at radius 1 is 1.26 bits per heavy atom. The van der Waals surface area contributed by atoms with Crippen LogP contribution in [-0.2, 0) is 4.74 Å². The normalized spacial score (nSPS) is 16.1. The van der Waals surface area contributed by atoms with Crippen LogP contribution in [0.3, 0.4) is 0 Å². The fourth-order valence-electron chi connectivity index (χ4n) is 2.67. The van der Waals surface area contributed by atoms with Gasteiger partial charge in [-0.3, -0.25) is 0 Å². The largest absolute Gasteiger partial charge is 0.462 e. The molecular formula is C16H23NO2. The zero-order chi connectivity index (χ0) is 13.5. The van der Waals surface area contributed by atoms with E-state index in [-0.39, 0.29) is 5.97 Å². The predicted molar refractivity (Wildman–Crippen MR) is 77.5 cm³/mol. The van der Waals surface area contributed by atoms with Gasteiger partial charge in [-0.05, 0) is 37.8 Å². The third-order valence-corrected chi connectivity index (χ3v) is 3.73. The van der Waals surface area contributed by atoms with Crippen LogP contribution >= 0.6 is 0 Å². The SMILES string of the molecule is CCOC(=O)c1ccccc1NCC1CCCCC1. The van der Waals surface area contributed by atoms with Gasteiger partial charge in [-0.1, -0.05) is 31.4 Å². The molecule has 104 valence electrons. The molecule has 0 radical (unpaired) electrons. The lowest BCUT2D eigenvalue weighted by molar-refractivity contribution is 0.0527. The lowest BCUT2D eigenvalue weighted by Gasteiger charge is -2.22. The van der Waals surface area contributed by atoms with Gasteiger partial charge in [0.25, 0.3) is 0 Å². The first-order valence-electron chi connectivity index (χ1n) is 7.31. The summed E-state index contributed by atoms with van der Waals surface area (Å²) in [6, 6.07) is 7.60. The fraction of sp³-hybridized carbons (Fsp3) is 0.562. The summed E-state index contributed by atoms with van der Waals surface area (Å²) in [5, 5.41) is 3.42. The van der Waals surface area contributed by atoms with Gasteiger partial charge < -0.3 is 10.1 Å². The highest BCUT2D eigenvalue weighted by atomic mass is 16.5. The van der Waals surface area contributed by atoms with E-state index in [2.05, 4.69) is 5.32 Å². The minimum absolute atomic E-state index is 0.241. The maximum Gasteiger partial charge on any atom is 0.340 e. The highest BCUT2D eigenvalue weighted by Gasteiger charge is 2.15. The molecule has 0 aliphatic heterocycles. The van der Waals surface area contributed by atoms with Crippen LogP contribution in [0.2, 0.25) is 0 Å². The summed E-state index contributed by atoms with van der Waals surface area (Å²) < 4.78 is 5.08. The molecule has 2 rings (SSSR count). The van der Waals surface area contributed by atoms with Gasteiger partial charge in [0.05, 0.1) is 12.2 Å². The minimum atomic E-state index is -0.241. The smallest absolute Gasteiger partial charge is 0.340 e. The third kappa shape index (κ3) is 3.98. The molecule has 1 aromatic rings. The molecule has 1 saturated carbocycles. The summed E-state index contributed by atoms with van der Waals surface area (Å²) in [7, 11) is 0. The quantitative estimate of drug-likeness (QED) is 0.818. The number of carbonyl (C=O) groups excluding carboxylic acids is 1. The number of para-hydroxylation sites is 1. The molecule has 3 nitrogen and oxygen atoms in total. The molecule has 1 aromatic carbocycles. The van der Waals surface area contributed by atoms with E-state index in [1.165, 1.54) is 32.1 Å². The minimum Gasteiger partial charge on any atom is -0.462 e. The van der Waals surface area contributed by atoms with Gasteiger partial charge in [-0.15, -0.1) is 0 Å². The van der Waals surface area contributed by atoms with Crippen molar-refractivity contribution >= 4 is 11.7 Å². The molecule has 19 heavy (non-hydrogen) atoms. The first-order valence-corrected chi connectivity index (χ1v) is 7.31. The lowest BCUT2D eigenvalue weighted by atomic mass is 9.89. The number of esters is 1. The van der Waals surface area contributed by atoms with Crippen molar-refractivity contribution in [3.05, 3.63) is 29.8 Å². The molecule has 1 N–H and O–H groups in total. The summed E-state index contributed by atoms with van der Waals surface area (Å²) in [5.41, 5.74) is 1.53. The van der Waals surface area contributed by atoms with Crippen LogP contribution in [0, 0.1) is 5.92 Å². The summed E-state index contributed by atoms with van der Waals surface area (Å²) in [6.07, 6.45) is 6.65. The molecule has 0 amide bonds. The van der Waals surface area contributed by atoms with E-state index in [1.807, 2.05) is 31.2 Å². The van der Waals surface area contributed by atoms with E-state index < -0.39 is 0 Å². The Morgan fingerprint density at radius 3 is 2.74 bits per heavy atom. The molecule has 0 aromatic heterocycles. The fourth-order valence-corrected chi connectivity index (χ4v) is 2.67. The van der Waals surface area contributed by atoms with E-state index in [1.54, 1.807) is 0 Å². The Balaban J connectivity index is 1.97. The van der Waals surface area contributed by atoms with Crippen LogP contribution in [0.15, 0.2) is 24.3 Å². The number of hydrogen-bond donors (Lipinski definition) is 1. The van der Waals surface area contributed by atoms with Crippen molar-refractivity contribution in [1.29, 1.82) is 0 Å². The molecule has 1 aliphatic carbocycles. The number of hydrogen-bond acceptors (Lipinski definition) is 3. The number of benzene rings is 1. The van der Waals surface area contributed by atoms with Gasteiger partial charge in [0.2, 0.25) is 0 Å². The predicted octanol–water partition coefficient (Wildman–Crippen LogP) is 3.86. The van der Waals surface area contributed by atoms with Gasteiger partial charge in [0.15, 0.2) is 0 Å². The molecule has 0 spiro atoms. The van der Waals surface area contributed by atoms with Gasteiger partial charge in [-0.2, -0.15) is 0 Å². The van der Waals surface area contributed by atoms with Gasteiger partial charge in [0, 0.05) is 12.2 Å². The zero-order valence-corrected chi connectivity index (χ0v) is 11.7. The topological polar surface area (TPSA) is 38.3 Å². The molecule has 0 bridgehead atoms. The van der Waals surface area contributed by atoms with Crippen molar-refractivity contribution in [3.8, 4) is 0 Å². The van der Waals surface area contributed by atoms with Gasteiger partial charge in [-0.25, -0.2) is 4.79 Å². The lowest BCUT2D eigenvalue weighted by Crippen LogP contribution is -2.18. The number of rotatable bonds is 5. The molecule has 0 saturated heterocycles. The third-order valence-electron chi connectivity index (χ3n) is 3.73. The Kier molecular flexibility index (Phi) is 5.25. The van der Waals surface area contributed by atoms with Crippen molar-refractivity contribution in [1.82, 2.24) is 0 Å². The second kappa shape index (κ2) is 7.17. The van der Waals surface area contributed by atoms with E-state index in [0.717, 1.165) is 18.2 Å². The van der Waals surface area contributed by atoms with Crippen LogP contribution in [-0.4, -0.2) is 19.1 Å². The van der Waals surface area contributed by atoms with Crippen LogP contribution in [0.4, 0.5) is 5.69 Å². The molecule has 1 fully saturated rings. The number of anilines is 1. The highest BCUT2D eigenvalue weighted by molar-refractivity contribution is 5.95. The highest BCUT2D eigenvalue weighted by Crippen LogP contribution is 2.25. The zero-order valence-electron chi connectivity index (χ0n) is 11.7. The van der Waals surface area contributed by atoms with E-state index >= 15 is 0 Å². The van der Waals surface area contributed by atoms with Crippen LogP contribution in [0.5, 0.6) is 0 Å². The van der Waals surface area contributed by atoms with E-state index in [4.69, 9.17) is 4.74 Å². The first kappa shape index (κ1) is 13.9. The number of ether oxygens (including phenoxy) is 1. The molecular weight excluding hydrogens is 238 g/mol.